The molecule has 236 valence electrons. The van der Waals surface area contributed by atoms with Gasteiger partial charge in [0.1, 0.15) is 6.33 Å². The van der Waals surface area contributed by atoms with Crippen LogP contribution in [0.5, 0.6) is 0 Å². The first-order valence-electron chi connectivity index (χ1n) is 14.9. The number of ether oxygens (including phenoxy) is 2. The molecule has 5 N–H and O–H groups in total. The molecular weight excluding hydrogens is 592 g/mol. The van der Waals surface area contributed by atoms with Gasteiger partial charge < -0.3 is 35.5 Å². The number of benzene rings is 3. The van der Waals surface area contributed by atoms with Crippen LogP contribution in [0.2, 0.25) is 0 Å². The maximum absolute atomic E-state index is 12.6. The molecule has 0 radical (unpaired) electrons. The maximum Gasteiger partial charge on any atom is 0.224 e. The molecule has 2 amide bonds. The Bertz CT molecular complexity index is 1560. The number of para-hydroxylation sites is 2. The van der Waals surface area contributed by atoms with Crippen molar-refractivity contribution in [1.29, 1.82) is 0 Å². The molecule has 12 heteroatoms. The van der Waals surface area contributed by atoms with Gasteiger partial charge in [0.15, 0.2) is 11.4 Å². The summed E-state index contributed by atoms with van der Waals surface area (Å²) in [5, 5.41) is 24.1. The minimum absolute atomic E-state index is 0.0146. The van der Waals surface area contributed by atoms with Crippen LogP contribution in [0.25, 0.3) is 0 Å². The van der Waals surface area contributed by atoms with Crippen molar-refractivity contribution in [3.63, 3.8) is 0 Å². The minimum Gasteiger partial charge on any atom is -0.397 e. The Morgan fingerprint density at radius 2 is 1.64 bits per heavy atom. The van der Waals surface area contributed by atoms with E-state index in [0.29, 0.717) is 54.9 Å². The second kappa shape index (κ2) is 15.7. The molecule has 5 rings (SSSR count). The van der Waals surface area contributed by atoms with Crippen molar-refractivity contribution < 1.29 is 24.2 Å². The van der Waals surface area contributed by atoms with Crippen LogP contribution in [0, 0.1) is 0 Å². The number of nitrogens with one attached hydrogen (secondary N) is 2. The average Bonchev–Trinajstić information content (AvgIpc) is 3.47. The van der Waals surface area contributed by atoms with E-state index in [4.69, 9.17) is 15.2 Å². The van der Waals surface area contributed by atoms with E-state index >= 15 is 0 Å². The van der Waals surface area contributed by atoms with Crippen molar-refractivity contribution in [1.82, 2.24) is 14.8 Å². The number of amides is 2. The Labute approximate surface area is 266 Å². The molecule has 1 saturated heterocycles. The lowest BCUT2D eigenvalue weighted by Crippen LogP contribution is -2.31. The molecular formula is C33H38N6O5S. The first kappa shape index (κ1) is 32.2. The highest BCUT2D eigenvalue weighted by Gasteiger charge is 2.32. The fourth-order valence-corrected chi connectivity index (χ4v) is 5.84. The molecule has 0 spiro atoms. The van der Waals surface area contributed by atoms with E-state index in [-0.39, 0.29) is 30.6 Å². The summed E-state index contributed by atoms with van der Waals surface area (Å²) in [4.78, 5) is 24.8. The molecule has 0 bridgehead atoms. The van der Waals surface area contributed by atoms with Gasteiger partial charge in [-0.15, -0.1) is 10.2 Å². The molecule has 3 atom stereocenters. The Hall–Kier alpha value is -4.23. The number of aliphatic hydroxyl groups excluding tert-OH is 1. The number of nitrogens with zero attached hydrogens (tertiary/aromatic N) is 3. The fraction of sp³-hybridized carbons (Fsp3) is 0.333. The van der Waals surface area contributed by atoms with Gasteiger partial charge in [-0.25, -0.2) is 0 Å². The van der Waals surface area contributed by atoms with E-state index in [1.807, 2.05) is 72.3 Å². The van der Waals surface area contributed by atoms with Crippen LogP contribution in [0.1, 0.15) is 61.2 Å². The van der Waals surface area contributed by atoms with Crippen molar-refractivity contribution in [2.24, 2.45) is 7.05 Å². The zero-order chi connectivity index (χ0) is 31.6. The van der Waals surface area contributed by atoms with Crippen LogP contribution < -0.4 is 16.4 Å². The number of carbonyl (C=O) groups is 2. The maximum atomic E-state index is 12.6. The van der Waals surface area contributed by atoms with Gasteiger partial charge in [-0.3, -0.25) is 9.59 Å². The molecule has 2 heterocycles. The predicted molar refractivity (Wildman–Crippen MR) is 173 cm³/mol. The molecule has 1 fully saturated rings. The summed E-state index contributed by atoms with van der Waals surface area (Å²) in [6, 6.07) is 22.3. The number of anilines is 3. The van der Waals surface area contributed by atoms with E-state index in [1.165, 1.54) is 0 Å². The molecule has 0 aliphatic carbocycles. The van der Waals surface area contributed by atoms with Crippen molar-refractivity contribution in [3.05, 3.63) is 95.8 Å². The standard InChI is InChI=1S/C33H38N6O5S/c1-39-21-35-38-33(39)45-20-26-18-29(23-12-10-22(19-40)11-13-23)44-32(43-26)24-14-16-25(17-15-24)36-30(41)8-4-5-9-31(42)37-28-7-3-2-6-27(28)34/h2-3,6-7,10-17,21,26,29,32,40H,4-5,8-9,18-20,34H2,1H3,(H,36,41)(H,37,42). The molecule has 1 aliphatic rings. The van der Waals surface area contributed by atoms with Crippen LogP contribution in [-0.4, -0.2) is 43.5 Å². The van der Waals surface area contributed by atoms with Gasteiger partial charge in [0.05, 0.1) is 30.2 Å². The van der Waals surface area contributed by atoms with Gasteiger partial charge in [0, 0.05) is 43.3 Å². The fourth-order valence-electron chi connectivity index (χ4n) is 4.94. The smallest absolute Gasteiger partial charge is 0.224 e. The van der Waals surface area contributed by atoms with Gasteiger partial charge in [-0.05, 0) is 48.2 Å². The summed E-state index contributed by atoms with van der Waals surface area (Å²) >= 11 is 1.58. The number of aliphatic hydroxyl groups is 1. The number of carbonyl (C=O) groups excluding carboxylic acids is 2. The van der Waals surface area contributed by atoms with Crippen LogP contribution in [0.4, 0.5) is 17.1 Å². The Balaban J connectivity index is 1.13. The summed E-state index contributed by atoms with van der Waals surface area (Å²) < 4.78 is 14.7. The molecule has 0 saturated carbocycles. The highest BCUT2D eigenvalue weighted by atomic mass is 32.2. The zero-order valence-corrected chi connectivity index (χ0v) is 25.9. The van der Waals surface area contributed by atoms with E-state index in [0.717, 1.165) is 21.8 Å². The third-order valence-corrected chi connectivity index (χ3v) is 8.61. The molecule has 3 aromatic carbocycles. The van der Waals surface area contributed by atoms with Gasteiger partial charge in [-0.1, -0.05) is 60.3 Å². The van der Waals surface area contributed by atoms with Gasteiger partial charge in [0.2, 0.25) is 11.8 Å². The monoisotopic (exact) mass is 630 g/mol. The highest BCUT2D eigenvalue weighted by molar-refractivity contribution is 7.99. The SMILES string of the molecule is Cn1cnnc1SCC1CC(c2ccc(CO)cc2)OC(c2ccc(NC(=O)CCCCC(=O)Nc3ccccc3N)cc2)O1. The third kappa shape index (κ3) is 9.14. The van der Waals surface area contributed by atoms with E-state index in [1.54, 1.807) is 30.2 Å². The lowest BCUT2D eigenvalue weighted by molar-refractivity contribution is -0.245. The van der Waals surface area contributed by atoms with E-state index in [2.05, 4.69) is 20.8 Å². The van der Waals surface area contributed by atoms with Crippen molar-refractivity contribution >= 4 is 40.6 Å². The second-order valence-electron chi connectivity index (χ2n) is 10.9. The number of unbranched alkanes of at least 4 members (excludes halogenated alkanes) is 1. The van der Waals surface area contributed by atoms with Crippen LogP contribution in [0.3, 0.4) is 0 Å². The molecule has 1 aromatic heterocycles. The largest absolute Gasteiger partial charge is 0.397 e. The van der Waals surface area contributed by atoms with Crippen LogP contribution in [-0.2, 0) is 32.7 Å². The topological polar surface area (TPSA) is 154 Å². The third-order valence-electron chi connectivity index (χ3n) is 7.44. The normalized spacial score (nSPS) is 18.0. The van der Waals surface area contributed by atoms with E-state index < -0.39 is 6.29 Å². The zero-order valence-electron chi connectivity index (χ0n) is 25.1. The number of aryl methyl sites for hydroxylation is 1. The number of thioether (sulfide) groups is 1. The van der Waals surface area contributed by atoms with Crippen LogP contribution in [0.15, 0.2) is 84.3 Å². The number of nitrogen functional groups attached to an aromatic ring is 1. The highest BCUT2D eigenvalue weighted by Crippen LogP contribution is 2.39. The number of hydrogen-bond acceptors (Lipinski definition) is 9. The van der Waals surface area contributed by atoms with Crippen molar-refractivity contribution in [2.45, 2.75) is 62.4 Å². The quantitative estimate of drug-likeness (QED) is 0.0868. The Kier molecular flexibility index (Phi) is 11.2. The lowest BCUT2D eigenvalue weighted by atomic mass is 10.0. The molecule has 1 aliphatic heterocycles. The molecule has 3 unspecified atom stereocenters. The predicted octanol–water partition coefficient (Wildman–Crippen LogP) is 5.36. The Morgan fingerprint density at radius 3 is 2.31 bits per heavy atom. The van der Waals surface area contributed by atoms with Gasteiger partial charge >= 0.3 is 0 Å². The van der Waals surface area contributed by atoms with E-state index in [9.17, 15) is 14.7 Å². The number of aromatic nitrogens is 3. The summed E-state index contributed by atoms with van der Waals surface area (Å²) in [6.45, 7) is -0.0146. The van der Waals surface area contributed by atoms with Gasteiger partial charge in [-0.2, -0.15) is 0 Å². The summed E-state index contributed by atoms with van der Waals surface area (Å²) in [5.74, 6) is 0.427. The summed E-state index contributed by atoms with van der Waals surface area (Å²) in [7, 11) is 1.91. The number of nitrogens with two attached hydrogens (primary N) is 1. The van der Waals surface area contributed by atoms with Crippen molar-refractivity contribution in [3.8, 4) is 0 Å². The number of rotatable bonds is 13. The Morgan fingerprint density at radius 1 is 0.956 bits per heavy atom. The molecule has 4 aromatic rings. The lowest BCUT2D eigenvalue weighted by Gasteiger charge is -2.36. The molecule has 45 heavy (non-hydrogen) atoms. The summed E-state index contributed by atoms with van der Waals surface area (Å²) in [6.07, 6.45) is 3.20. The molecule has 11 nitrogen and oxygen atoms in total. The van der Waals surface area contributed by atoms with Crippen molar-refractivity contribution in [2.75, 3.05) is 22.1 Å². The second-order valence-corrected chi connectivity index (χ2v) is 11.9. The average molecular weight is 631 g/mol. The number of hydrogen-bond donors (Lipinski definition) is 4. The van der Waals surface area contributed by atoms with Gasteiger partial charge in [0.25, 0.3) is 0 Å². The first-order chi connectivity index (χ1) is 21.9. The van der Waals surface area contributed by atoms with Crippen LogP contribution >= 0.6 is 11.8 Å². The first-order valence-corrected chi connectivity index (χ1v) is 15.9. The minimum atomic E-state index is -0.603. The summed E-state index contributed by atoms with van der Waals surface area (Å²) in [5.41, 5.74) is 10.3.